The minimum absolute atomic E-state index is 0.324. The number of aromatic amines is 1. The molecule has 0 unspecified atom stereocenters. The zero-order chi connectivity index (χ0) is 15.1. The summed E-state index contributed by atoms with van der Waals surface area (Å²) in [4.78, 5) is 3.13. The fourth-order valence-electron chi connectivity index (χ4n) is 2.51. The molecular formula is C14H14ClFN4S. The molecule has 0 amide bonds. The summed E-state index contributed by atoms with van der Waals surface area (Å²) in [5, 5.41) is 4.94. The van der Waals surface area contributed by atoms with Crippen LogP contribution in [-0.2, 0) is 13.5 Å². The molecule has 0 saturated heterocycles. The normalized spacial score (nSPS) is 11.4. The lowest BCUT2D eigenvalue weighted by molar-refractivity contribution is 0.616. The van der Waals surface area contributed by atoms with Gasteiger partial charge in [0.25, 0.3) is 0 Å². The van der Waals surface area contributed by atoms with E-state index < -0.39 is 0 Å². The van der Waals surface area contributed by atoms with Gasteiger partial charge in [-0.05, 0) is 36.8 Å². The summed E-state index contributed by atoms with van der Waals surface area (Å²) < 4.78 is 17.9. The van der Waals surface area contributed by atoms with Gasteiger partial charge in [0.2, 0.25) is 0 Å². The number of nitrogens with zero attached hydrogens (tertiary/aromatic N) is 3. The average Bonchev–Trinajstić information content (AvgIpc) is 2.91. The van der Waals surface area contributed by atoms with Gasteiger partial charge in [-0.15, -0.1) is 0 Å². The summed E-state index contributed by atoms with van der Waals surface area (Å²) in [5.41, 5.74) is 2.85. The summed E-state index contributed by atoms with van der Waals surface area (Å²) >= 11 is 11.3. The minimum Gasteiger partial charge on any atom is -0.327 e. The van der Waals surface area contributed by atoms with Crippen molar-refractivity contribution < 1.29 is 4.39 Å². The van der Waals surface area contributed by atoms with E-state index in [4.69, 9.17) is 23.8 Å². The SMILES string of the molecule is CCCc1nn(C)c2c1[nH]c(=S)n2-c1cc(Cl)ccc1F. The number of aromatic nitrogens is 4. The lowest BCUT2D eigenvalue weighted by atomic mass is 10.2. The Morgan fingerprint density at radius 2 is 2.19 bits per heavy atom. The molecule has 21 heavy (non-hydrogen) atoms. The van der Waals surface area contributed by atoms with E-state index in [2.05, 4.69) is 17.0 Å². The van der Waals surface area contributed by atoms with Gasteiger partial charge in [0.05, 0.1) is 11.4 Å². The van der Waals surface area contributed by atoms with Crippen molar-refractivity contribution in [3.05, 3.63) is 39.5 Å². The maximum absolute atomic E-state index is 14.2. The lowest BCUT2D eigenvalue weighted by Gasteiger charge is -2.06. The molecule has 4 nitrogen and oxygen atoms in total. The van der Waals surface area contributed by atoms with Crippen molar-refractivity contribution in [2.75, 3.05) is 0 Å². The van der Waals surface area contributed by atoms with Crippen LogP contribution in [-0.4, -0.2) is 19.3 Å². The van der Waals surface area contributed by atoms with Crippen LogP contribution in [0.5, 0.6) is 0 Å². The second kappa shape index (κ2) is 5.27. The molecule has 110 valence electrons. The third-order valence-corrected chi connectivity index (χ3v) is 3.89. The van der Waals surface area contributed by atoms with Crippen LogP contribution in [0.2, 0.25) is 5.02 Å². The number of rotatable bonds is 3. The van der Waals surface area contributed by atoms with Crippen molar-refractivity contribution in [3.8, 4) is 5.69 Å². The molecule has 0 aliphatic rings. The highest BCUT2D eigenvalue weighted by molar-refractivity contribution is 7.71. The first-order chi connectivity index (χ1) is 10.0. The van der Waals surface area contributed by atoms with Crippen LogP contribution in [0.3, 0.4) is 0 Å². The van der Waals surface area contributed by atoms with E-state index in [1.165, 1.54) is 12.1 Å². The van der Waals surface area contributed by atoms with E-state index in [1.807, 2.05) is 7.05 Å². The van der Waals surface area contributed by atoms with Crippen molar-refractivity contribution in [3.63, 3.8) is 0 Å². The van der Waals surface area contributed by atoms with Gasteiger partial charge in [-0.25, -0.2) is 9.07 Å². The number of hydrogen-bond acceptors (Lipinski definition) is 2. The van der Waals surface area contributed by atoms with Crippen LogP contribution < -0.4 is 0 Å². The number of hydrogen-bond donors (Lipinski definition) is 1. The molecule has 3 rings (SSSR count). The average molecular weight is 325 g/mol. The van der Waals surface area contributed by atoms with Crippen LogP contribution in [0.1, 0.15) is 19.0 Å². The molecule has 0 atom stereocenters. The maximum Gasteiger partial charge on any atom is 0.184 e. The van der Waals surface area contributed by atoms with Gasteiger partial charge >= 0.3 is 0 Å². The molecule has 0 radical (unpaired) electrons. The molecule has 0 aliphatic carbocycles. The maximum atomic E-state index is 14.2. The van der Waals surface area contributed by atoms with E-state index >= 15 is 0 Å². The monoisotopic (exact) mass is 324 g/mol. The van der Waals surface area contributed by atoms with Crippen LogP contribution in [0.25, 0.3) is 16.9 Å². The molecule has 7 heteroatoms. The Morgan fingerprint density at radius 3 is 2.90 bits per heavy atom. The van der Waals surface area contributed by atoms with Gasteiger partial charge in [0.1, 0.15) is 11.3 Å². The summed E-state index contributed by atoms with van der Waals surface area (Å²) in [6, 6.07) is 4.41. The minimum atomic E-state index is -0.380. The van der Waals surface area contributed by atoms with Crippen molar-refractivity contribution in [2.45, 2.75) is 19.8 Å². The Hall–Kier alpha value is -1.66. The van der Waals surface area contributed by atoms with E-state index in [1.54, 1.807) is 15.3 Å². The van der Waals surface area contributed by atoms with Gasteiger partial charge < -0.3 is 4.98 Å². The third-order valence-electron chi connectivity index (χ3n) is 3.37. The largest absolute Gasteiger partial charge is 0.327 e. The van der Waals surface area contributed by atoms with E-state index in [-0.39, 0.29) is 5.82 Å². The van der Waals surface area contributed by atoms with Gasteiger partial charge in [-0.3, -0.25) is 4.57 Å². The number of aryl methyl sites for hydroxylation is 2. The zero-order valence-electron chi connectivity index (χ0n) is 11.7. The second-order valence-corrected chi connectivity index (χ2v) is 5.70. The van der Waals surface area contributed by atoms with Crippen molar-refractivity contribution in [2.24, 2.45) is 7.05 Å². The van der Waals surface area contributed by atoms with E-state index in [0.717, 1.165) is 29.7 Å². The highest BCUT2D eigenvalue weighted by Gasteiger charge is 2.18. The fourth-order valence-corrected chi connectivity index (χ4v) is 2.96. The van der Waals surface area contributed by atoms with Crippen molar-refractivity contribution in [1.29, 1.82) is 0 Å². The van der Waals surface area contributed by atoms with Crippen LogP contribution in [0, 0.1) is 10.6 Å². The summed E-state index contributed by atoms with van der Waals surface area (Å²) in [5.74, 6) is -0.380. The number of H-pyrrole nitrogens is 1. The quantitative estimate of drug-likeness (QED) is 0.734. The predicted octanol–water partition coefficient (Wildman–Crippen LogP) is 4.17. The Labute approximate surface area is 131 Å². The summed E-state index contributed by atoms with van der Waals surface area (Å²) in [6.45, 7) is 2.09. The molecule has 0 aliphatic heterocycles. The molecule has 3 aromatic rings. The third kappa shape index (κ3) is 2.28. The molecular weight excluding hydrogens is 311 g/mol. The number of benzene rings is 1. The molecule has 0 bridgehead atoms. The Morgan fingerprint density at radius 1 is 1.43 bits per heavy atom. The van der Waals surface area contributed by atoms with Crippen LogP contribution in [0.4, 0.5) is 4.39 Å². The summed E-state index contributed by atoms with van der Waals surface area (Å²) in [6.07, 6.45) is 1.81. The van der Waals surface area contributed by atoms with E-state index in [9.17, 15) is 4.39 Å². The number of nitrogens with one attached hydrogen (secondary N) is 1. The molecule has 0 fully saturated rings. The van der Waals surface area contributed by atoms with Crippen molar-refractivity contribution >= 4 is 35.0 Å². The number of fused-ring (bicyclic) bond motifs is 1. The van der Waals surface area contributed by atoms with Gasteiger partial charge in [-0.1, -0.05) is 24.9 Å². The highest BCUT2D eigenvalue weighted by Crippen LogP contribution is 2.26. The van der Waals surface area contributed by atoms with Gasteiger partial charge in [-0.2, -0.15) is 5.10 Å². The Balaban J connectivity index is 2.35. The first-order valence-corrected chi connectivity index (χ1v) is 7.43. The van der Waals surface area contributed by atoms with Gasteiger partial charge in [0.15, 0.2) is 10.4 Å². The predicted molar refractivity (Wildman–Crippen MR) is 84.2 cm³/mol. The van der Waals surface area contributed by atoms with Crippen LogP contribution in [0.15, 0.2) is 18.2 Å². The number of imidazole rings is 1. The first-order valence-electron chi connectivity index (χ1n) is 6.65. The smallest absolute Gasteiger partial charge is 0.184 e. The van der Waals surface area contributed by atoms with Crippen LogP contribution >= 0.6 is 23.8 Å². The Kier molecular flexibility index (Phi) is 3.59. The van der Waals surface area contributed by atoms with Crippen molar-refractivity contribution in [1.82, 2.24) is 19.3 Å². The molecule has 1 N–H and O–H groups in total. The molecule has 2 aromatic heterocycles. The highest BCUT2D eigenvalue weighted by atomic mass is 35.5. The first kappa shape index (κ1) is 14.3. The summed E-state index contributed by atoms with van der Waals surface area (Å²) in [7, 11) is 1.82. The molecule has 0 saturated carbocycles. The molecule has 0 spiro atoms. The molecule has 1 aromatic carbocycles. The standard InChI is InChI=1S/C14H14ClFN4S/c1-3-4-10-12-13(19(2)18-10)20(14(21)17-12)11-7-8(15)5-6-9(11)16/h5-7H,3-4H2,1-2H3,(H,17,21). The topological polar surface area (TPSA) is 38.5 Å². The lowest BCUT2D eigenvalue weighted by Crippen LogP contribution is -2.03. The second-order valence-electron chi connectivity index (χ2n) is 4.88. The van der Waals surface area contributed by atoms with E-state index in [0.29, 0.717) is 15.5 Å². The Bertz CT molecular complexity index is 877. The number of halogens is 2. The van der Waals surface area contributed by atoms with Gasteiger partial charge in [0, 0.05) is 12.1 Å². The zero-order valence-corrected chi connectivity index (χ0v) is 13.2. The molecule has 2 heterocycles. The fraction of sp³-hybridized carbons (Fsp3) is 0.286.